The van der Waals surface area contributed by atoms with Gasteiger partial charge in [-0.1, -0.05) is 60.7 Å². The van der Waals surface area contributed by atoms with Gasteiger partial charge in [-0.2, -0.15) is 0 Å². The van der Waals surface area contributed by atoms with Crippen molar-refractivity contribution in [3.8, 4) is 0 Å². The number of hydrogen-bond acceptors (Lipinski definition) is 4. The third-order valence-electron chi connectivity index (χ3n) is 3.37. The predicted octanol–water partition coefficient (Wildman–Crippen LogP) is 3.43. The van der Waals surface area contributed by atoms with Gasteiger partial charge in [-0.05, 0) is 44.7 Å². The van der Waals surface area contributed by atoms with E-state index in [1.807, 2.05) is 81.4 Å². The Kier molecular flexibility index (Phi) is 8.89. The molecule has 2 rings (SSSR count). The van der Waals surface area contributed by atoms with Crippen LogP contribution in [0.15, 0.2) is 60.7 Å². The monoisotopic (exact) mass is 342 g/mol. The van der Waals surface area contributed by atoms with Crippen LogP contribution >= 0.6 is 0 Å². The number of aryl methyl sites for hydroxylation is 1. The van der Waals surface area contributed by atoms with Gasteiger partial charge in [0.25, 0.3) is 0 Å². The molecule has 1 atom stereocenters. The minimum atomic E-state index is -0.547. The van der Waals surface area contributed by atoms with Crippen molar-refractivity contribution in [1.82, 2.24) is 0 Å². The van der Waals surface area contributed by atoms with E-state index in [4.69, 9.17) is 16.2 Å². The summed E-state index contributed by atoms with van der Waals surface area (Å²) in [5.74, 6) is -0.326. The number of carbonyl (C=O) groups excluding carboxylic acids is 1. The molecule has 0 spiro atoms. The zero-order valence-electron chi connectivity index (χ0n) is 15.4. The van der Waals surface area contributed by atoms with E-state index in [1.54, 1.807) is 0 Å². The molecule has 2 aromatic carbocycles. The quantitative estimate of drug-likeness (QED) is 0.816. The number of rotatable bonds is 5. The lowest BCUT2D eigenvalue weighted by molar-refractivity contribution is -0.156. The summed E-state index contributed by atoms with van der Waals surface area (Å²) in [5.41, 5.74) is 13.1. The van der Waals surface area contributed by atoms with Crippen LogP contribution in [0, 0.1) is 0 Å². The van der Waals surface area contributed by atoms with Crippen LogP contribution in [0.1, 0.15) is 38.3 Å². The second kappa shape index (κ2) is 10.6. The van der Waals surface area contributed by atoms with Crippen LogP contribution in [-0.2, 0) is 22.5 Å². The summed E-state index contributed by atoms with van der Waals surface area (Å²) < 4.78 is 5.22. The molecule has 25 heavy (non-hydrogen) atoms. The van der Waals surface area contributed by atoms with Gasteiger partial charge in [0, 0.05) is 6.54 Å². The molecule has 0 aromatic heterocycles. The van der Waals surface area contributed by atoms with E-state index in [1.165, 1.54) is 11.1 Å². The standard InChI is InChI=1S/C14H21NO2.C7H9N/c1-14(2,3)17-13(16)12(15)10-9-11-7-5-4-6-8-11;8-6-7-4-2-1-3-5-7/h4-8,12H,9-10,15H2,1-3H3;1-5H,6,8H2. The molecule has 0 aliphatic carbocycles. The van der Waals surface area contributed by atoms with Crippen molar-refractivity contribution < 1.29 is 9.53 Å². The molecule has 0 aliphatic rings. The van der Waals surface area contributed by atoms with Gasteiger partial charge in [0.05, 0.1) is 0 Å². The SMILES string of the molecule is CC(C)(C)OC(=O)C(N)CCc1ccccc1.NCc1ccccc1. The maximum atomic E-state index is 11.6. The minimum absolute atomic E-state index is 0.326. The van der Waals surface area contributed by atoms with E-state index in [0.717, 1.165) is 6.42 Å². The summed E-state index contributed by atoms with van der Waals surface area (Å²) in [4.78, 5) is 11.6. The lowest BCUT2D eigenvalue weighted by Crippen LogP contribution is -2.37. The van der Waals surface area contributed by atoms with Gasteiger partial charge in [-0.25, -0.2) is 0 Å². The van der Waals surface area contributed by atoms with Crippen LogP contribution in [0.25, 0.3) is 0 Å². The number of carbonyl (C=O) groups is 1. The zero-order chi connectivity index (χ0) is 18.7. The van der Waals surface area contributed by atoms with Gasteiger partial charge in [-0.15, -0.1) is 0 Å². The second-order valence-electron chi connectivity index (χ2n) is 6.85. The van der Waals surface area contributed by atoms with Gasteiger partial charge in [0.1, 0.15) is 11.6 Å². The van der Waals surface area contributed by atoms with Crippen LogP contribution < -0.4 is 11.5 Å². The molecule has 0 fully saturated rings. The molecule has 0 amide bonds. The second-order valence-corrected chi connectivity index (χ2v) is 6.85. The number of nitrogens with two attached hydrogens (primary N) is 2. The summed E-state index contributed by atoms with van der Waals surface area (Å²) in [6, 6.07) is 19.4. The van der Waals surface area contributed by atoms with Gasteiger partial charge in [0.15, 0.2) is 0 Å². The van der Waals surface area contributed by atoms with Crippen molar-refractivity contribution in [2.75, 3.05) is 0 Å². The summed E-state index contributed by atoms with van der Waals surface area (Å²) in [5, 5.41) is 0. The van der Waals surface area contributed by atoms with Crippen molar-refractivity contribution in [3.05, 3.63) is 71.8 Å². The fourth-order valence-electron chi connectivity index (χ4n) is 2.08. The molecule has 0 bridgehead atoms. The van der Waals surface area contributed by atoms with Crippen LogP contribution in [0.5, 0.6) is 0 Å². The Bertz CT molecular complexity index is 607. The molecule has 4 heteroatoms. The Balaban J connectivity index is 0.000000324. The predicted molar refractivity (Wildman–Crippen MR) is 103 cm³/mol. The topological polar surface area (TPSA) is 78.3 Å². The van der Waals surface area contributed by atoms with Crippen molar-refractivity contribution in [2.24, 2.45) is 11.5 Å². The summed E-state index contributed by atoms with van der Waals surface area (Å²) >= 11 is 0. The Morgan fingerprint density at radius 2 is 1.44 bits per heavy atom. The fourth-order valence-corrected chi connectivity index (χ4v) is 2.08. The van der Waals surface area contributed by atoms with Crippen molar-refractivity contribution >= 4 is 5.97 Å². The Morgan fingerprint density at radius 1 is 0.960 bits per heavy atom. The van der Waals surface area contributed by atoms with Gasteiger partial charge >= 0.3 is 5.97 Å². The first-order chi connectivity index (χ1) is 11.8. The molecule has 0 saturated carbocycles. The third kappa shape index (κ3) is 9.65. The molecule has 1 unspecified atom stereocenters. The number of ether oxygens (including phenoxy) is 1. The first-order valence-corrected chi connectivity index (χ1v) is 8.58. The molecule has 4 nitrogen and oxygen atoms in total. The molecule has 0 heterocycles. The van der Waals surface area contributed by atoms with E-state index >= 15 is 0 Å². The molecular weight excluding hydrogens is 312 g/mol. The van der Waals surface area contributed by atoms with E-state index in [9.17, 15) is 4.79 Å². The van der Waals surface area contributed by atoms with Crippen molar-refractivity contribution in [2.45, 2.75) is 51.8 Å². The summed E-state index contributed by atoms with van der Waals surface area (Å²) in [6.45, 7) is 6.17. The summed E-state index contributed by atoms with van der Waals surface area (Å²) in [6.07, 6.45) is 1.40. The van der Waals surface area contributed by atoms with E-state index < -0.39 is 11.6 Å². The lowest BCUT2D eigenvalue weighted by atomic mass is 10.1. The average molecular weight is 342 g/mol. The maximum Gasteiger partial charge on any atom is 0.323 e. The van der Waals surface area contributed by atoms with Crippen LogP contribution in [0.4, 0.5) is 0 Å². The molecular formula is C21H30N2O2. The van der Waals surface area contributed by atoms with Crippen LogP contribution in [0.3, 0.4) is 0 Å². The van der Waals surface area contributed by atoms with Gasteiger partial charge in [0.2, 0.25) is 0 Å². The van der Waals surface area contributed by atoms with E-state index in [-0.39, 0.29) is 5.97 Å². The molecule has 0 radical (unpaired) electrons. The van der Waals surface area contributed by atoms with Crippen LogP contribution in [0.2, 0.25) is 0 Å². The Labute approximate surface area is 151 Å². The van der Waals surface area contributed by atoms with Crippen molar-refractivity contribution in [1.29, 1.82) is 0 Å². The largest absolute Gasteiger partial charge is 0.459 e. The first-order valence-electron chi connectivity index (χ1n) is 8.58. The number of hydrogen-bond donors (Lipinski definition) is 2. The minimum Gasteiger partial charge on any atom is -0.459 e. The molecule has 0 aliphatic heterocycles. The molecule has 136 valence electrons. The Morgan fingerprint density at radius 3 is 1.84 bits per heavy atom. The normalized spacial score (nSPS) is 11.9. The molecule has 0 saturated heterocycles. The maximum absolute atomic E-state index is 11.6. The smallest absolute Gasteiger partial charge is 0.323 e. The highest BCUT2D eigenvalue weighted by molar-refractivity contribution is 5.75. The zero-order valence-corrected chi connectivity index (χ0v) is 15.4. The number of benzene rings is 2. The first kappa shape index (κ1) is 20.9. The average Bonchev–Trinajstić information content (AvgIpc) is 2.60. The third-order valence-corrected chi connectivity index (χ3v) is 3.37. The van der Waals surface area contributed by atoms with E-state index in [0.29, 0.717) is 13.0 Å². The molecule has 4 N–H and O–H groups in total. The molecule has 2 aromatic rings. The number of esters is 1. The Hall–Kier alpha value is -2.17. The van der Waals surface area contributed by atoms with Gasteiger partial charge < -0.3 is 16.2 Å². The fraction of sp³-hybridized carbons (Fsp3) is 0.381. The highest BCUT2D eigenvalue weighted by Crippen LogP contribution is 2.10. The lowest BCUT2D eigenvalue weighted by Gasteiger charge is -2.22. The van der Waals surface area contributed by atoms with Gasteiger partial charge in [-0.3, -0.25) is 4.79 Å². The highest BCUT2D eigenvalue weighted by atomic mass is 16.6. The highest BCUT2D eigenvalue weighted by Gasteiger charge is 2.21. The van der Waals surface area contributed by atoms with Crippen LogP contribution in [-0.4, -0.2) is 17.6 Å². The van der Waals surface area contributed by atoms with E-state index in [2.05, 4.69) is 0 Å². The summed E-state index contributed by atoms with van der Waals surface area (Å²) in [7, 11) is 0. The van der Waals surface area contributed by atoms with Crippen molar-refractivity contribution in [3.63, 3.8) is 0 Å².